The van der Waals surface area contributed by atoms with Gasteiger partial charge < -0.3 is 20.1 Å². The lowest BCUT2D eigenvalue weighted by molar-refractivity contribution is -0.0136. The van der Waals surface area contributed by atoms with Crippen molar-refractivity contribution in [2.75, 3.05) is 46.4 Å². The van der Waals surface area contributed by atoms with Crippen molar-refractivity contribution in [3.05, 3.63) is 0 Å². The third-order valence-corrected chi connectivity index (χ3v) is 4.69. The summed E-state index contributed by atoms with van der Waals surface area (Å²) in [5, 5.41) is 12.9. The molecular formula is C15H30N2O2. The first kappa shape index (κ1) is 15.2. The summed E-state index contributed by atoms with van der Waals surface area (Å²) in [4.78, 5) is 2.47. The lowest BCUT2D eigenvalue weighted by atomic mass is 9.78. The first-order chi connectivity index (χ1) is 9.13. The minimum absolute atomic E-state index is 0.0304. The maximum Gasteiger partial charge on any atom is 0.0546 e. The summed E-state index contributed by atoms with van der Waals surface area (Å²) < 4.78 is 5.53. The van der Waals surface area contributed by atoms with Crippen LogP contribution in [0, 0.1) is 11.3 Å². The molecule has 0 unspecified atom stereocenters. The fraction of sp³-hybridized carbons (Fsp3) is 1.00. The molecule has 19 heavy (non-hydrogen) atoms. The minimum Gasteiger partial charge on any atom is -0.393 e. The van der Waals surface area contributed by atoms with E-state index in [1.165, 1.54) is 0 Å². The molecule has 0 bridgehead atoms. The van der Waals surface area contributed by atoms with E-state index in [0.717, 1.165) is 65.1 Å². The summed E-state index contributed by atoms with van der Waals surface area (Å²) in [5.74, 6) is 0.705. The van der Waals surface area contributed by atoms with E-state index in [-0.39, 0.29) is 6.10 Å². The summed E-state index contributed by atoms with van der Waals surface area (Å²) in [6, 6.07) is 0. The van der Waals surface area contributed by atoms with Gasteiger partial charge in [-0.1, -0.05) is 6.92 Å². The Kier molecular flexibility index (Phi) is 5.63. The molecule has 0 aromatic rings. The number of ether oxygens (including phenoxy) is 1. The van der Waals surface area contributed by atoms with Gasteiger partial charge in [0.05, 0.1) is 6.10 Å². The second-order valence-electron chi connectivity index (χ2n) is 6.58. The molecule has 2 aliphatic rings. The maximum absolute atomic E-state index is 9.37. The summed E-state index contributed by atoms with van der Waals surface area (Å²) in [6.07, 6.45) is 4.29. The fourth-order valence-corrected chi connectivity index (χ4v) is 3.51. The molecule has 0 aromatic carbocycles. The van der Waals surface area contributed by atoms with Crippen LogP contribution in [0.1, 0.15) is 32.6 Å². The molecule has 0 spiro atoms. The average Bonchev–Trinajstić information content (AvgIpc) is 2.36. The largest absolute Gasteiger partial charge is 0.393 e. The number of aliphatic hydroxyl groups excluding tert-OH is 1. The van der Waals surface area contributed by atoms with Crippen molar-refractivity contribution in [1.82, 2.24) is 10.2 Å². The van der Waals surface area contributed by atoms with Crippen LogP contribution in [0.25, 0.3) is 0 Å². The highest BCUT2D eigenvalue weighted by molar-refractivity contribution is 4.88. The van der Waals surface area contributed by atoms with E-state index in [1.54, 1.807) is 0 Å². The number of nitrogens with one attached hydrogen (secondary N) is 1. The number of hydrogen-bond donors (Lipinski definition) is 2. The Bertz CT molecular complexity index is 261. The van der Waals surface area contributed by atoms with Crippen molar-refractivity contribution in [3.8, 4) is 0 Å². The molecule has 0 amide bonds. The molecule has 0 aromatic heterocycles. The third-order valence-electron chi connectivity index (χ3n) is 4.69. The molecule has 112 valence electrons. The fourth-order valence-electron chi connectivity index (χ4n) is 3.51. The van der Waals surface area contributed by atoms with Gasteiger partial charge in [-0.3, -0.25) is 0 Å². The van der Waals surface area contributed by atoms with Gasteiger partial charge in [-0.15, -0.1) is 0 Å². The van der Waals surface area contributed by atoms with Gasteiger partial charge in [0.25, 0.3) is 0 Å². The van der Waals surface area contributed by atoms with Gasteiger partial charge in [0, 0.05) is 32.8 Å². The first-order valence-electron chi connectivity index (χ1n) is 7.78. The van der Waals surface area contributed by atoms with Crippen LogP contribution in [-0.2, 0) is 4.74 Å². The van der Waals surface area contributed by atoms with Crippen molar-refractivity contribution < 1.29 is 9.84 Å². The standard InChI is InChI=1S/C15H30N2O2/c1-3-16-11-15(4-6-19-7-5-15)12-17(2)10-13-8-14(18)9-13/h13-14,16,18H,3-12H2,1-2H3. The highest BCUT2D eigenvalue weighted by atomic mass is 16.5. The molecule has 1 saturated carbocycles. The Morgan fingerprint density at radius 2 is 2.00 bits per heavy atom. The summed E-state index contributed by atoms with van der Waals surface area (Å²) in [5.41, 5.74) is 0.380. The van der Waals surface area contributed by atoms with Crippen LogP contribution in [0.15, 0.2) is 0 Å². The molecular weight excluding hydrogens is 240 g/mol. The van der Waals surface area contributed by atoms with Crippen molar-refractivity contribution in [2.24, 2.45) is 11.3 Å². The third kappa shape index (κ3) is 4.42. The van der Waals surface area contributed by atoms with Crippen LogP contribution in [0.2, 0.25) is 0 Å². The van der Waals surface area contributed by atoms with Crippen LogP contribution in [0.3, 0.4) is 0 Å². The Balaban J connectivity index is 1.80. The number of hydrogen-bond acceptors (Lipinski definition) is 4. The molecule has 0 radical (unpaired) electrons. The monoisotopic (exact) mass is 270 g/mol. The van der Waals surface area contributed by atoms with Crippen LogP contribution in [0.4, 0.5) is 0 Å². The molecule has 1 saturated heterocycles. The van der Waals surface area contributed by atoms with Crippen molar-refractivity contribution in [1.29, 1.82) is 0 Å². The lowest BCUT2D eigenvalue weighted by Gasteiger charge is -2.42. The molecule has 2 rings (SSSR count). The van der Waals surface area contributed by atoms with E-state index >= 15 is 0 Å². The molecule has 2 N–H and O–H groups in total. The summed E-state index contributed by atoms with van der Waals surface area (Å²) in [7, 11) is 2.23. The van der Waals surface area contributed by atoms with Gasteiger partial charge in [0.1, 0.15) is 0 Å². The van der Waals surface area contributed by atoms with E-state index in [4.69, 9.17) is 4.74 Å². The van der Waals surface area contributed by atoms with Crippen molar-refractivity contribution >= 4 is 0 Å². The van der Waals surface area contributed by atoms with E-state index in [9.17, 15) is 5.11 Å². The van der Waals surface area contributed by atoms with Gasteiger partial charge in [-0.2, -0.15) is 0 Å². The zero-order valence-electron chi connectivity index (χ0n) is 12.5. The summed E-state index contributed by atoms with van der Waals surface area (Å²) in [6.45, 7) is 8.41. The number of rotatable bonds is 7. The average molecular weight is 270 g/mol. The van der Waals surface area contributed by atoms with Crippen molar-refractivity contribution in [2.45, 2.75) is 38.7 Å². The number of nitrogens with zero attached hydrogens (tertiary/aromatic N) is 1. The Hall–Kier alpha value is -0.160. The van der Waals surface area contributed by atoms with Crippen LogP contribution in [-0.4, -0.2) is 62.6 Å². The lowest BCUT2D eigenvalue weighted by Crippen LogP contribution is -2.48. The summed E-state index contributed by atoms with van der Waals surface area (Å²) >= 11 is 0. The predicted octanol–water partition coefficient (Wildman–Crippen LogP) is 1.10. The molecule has 2 fully saturated rings. The Morgan fingerprint density at radius 1 is 1.32 bits per heavy atom. The first-order valence-corrected chi connectivity index (χ1v) is 7.78. The molecule has 1 heterocycles. The zero-order chi connectivity index (χ0) is 13.7. The molecule has 1 aliphatic heterocycles. The van der Waals surface area contributed by atoms with Crippen LogP contribution >= 0.6 is 0 Å². The molecule has 0 atom stereocenters. The highest BCUT2D eigenvalue weighted by Gasteiger charge is 2.35. The SMILES string of the molecule is CCNCC1(CN(C)CC2CC(O)C2)CCOCC1. The van der Waals surface area contributed by atoms with Crippen LogP contribution < -0.4 is 5.32 Å². The Labute approximate surface area is 117 Å². The minimum atomic E-state index is -0.0304. The smallest absolute Gasteiger partial charge is 0.0546 e. The van der Waals surface area contributed by atoms with Crippen molar-refractivity contribution in [3.63, 3.8) is 0 Å². The number of aliphatic hydroxyl groups is 1. The zero-order valence-corrected chi connectivity index (χ0v) is 12.5. The normalized spacial score (nSPS) is 30.3. The van der Waals surface area contributed by atoms with E-state index in [1.807, 2.05) is 0 Å². The predicted molar refractivity (Wildman–Crippen MR) is 77.3 cm³/mol. The molecule has 4 nitrogen and oxygen atoms in total. The van der Waals surface area contributed by atoms with Crippen LogP contribution in [0.5, 0.6) is 0 Å². The van der Waals surface area contributed by atoms with E-state index in [2.05, 4.69) is 24.2 Å². The highest BCUT2D eigenvalue weighted by Crippen LogP contribution is 2.33. The molecule has 4 heteroatoms. The van der Waals surface area contributed by atoms with Gasteiger partial charge in [-0.25, -0.2) is 0 Å². The van der Waals surface area contributed by atoms with Gasteiger partial charge in [-0.05, 0) is 50.6 Å². The topological polar surface area (TPSA) is 44.7 Å². The second kappa shape index (κ2) is 7.02. The quantitative estimate of drug-likeness (QED) is 0.727. The van der Waals surface area contributed by atoms with Gasteiger partial charge in [0.15, 0.2) is 0 Å². The maximum atomic E-state index is 9.37. The van der Waals surface area contributed by atoms with Gasteiger partial charge >= 0.3 is 0 Å². The Morgan fingerprint density at radius 3 is 2.58 bits per heavy atom. The van der Waals surface area contributed by atoms with E-state index < -0.39 is 0 Å². The van der Waals surface area contributed by atoms with Gasteiger partial charge in [0.2, 0.25) is 0 Å². The van der Waals surface area contributed by atoms with E-state index in [0.29, 0.717) is 11.3 Å². The second-order valence-corrected chi connectivity index (χ2v) is 6.58. The molecule has 1 aliphatic carbocycles.